The first-order valence-electron chi connectivity index (χ1n) is 6.15. The van der Waals surface area contributed by atoms with Gasteiger partial charge >= 0.3 is 5.97 Å². The first-order chi connectivity index (χ1) is 9.08. The summed E-state index contributed by atoms with van der Waals surface area (Å²) in [5, 5.41) is 20.6. The van der Waals surface area contributed by atoms with Crippen molar-refractivity contribution in [1.82, 2.24) is 10.3 Å². The molecule has 1 saturated carbocycles. The van der Waals surface area contributed by atoms with Gasteiger partial charge in [0.15, 0.2) is 0 Å². The van der Waals surface area contributed by atoms with Gasteiger partial charge in [0.1, 0.15) is 5.69 Å². The Morgan fingerprint density at radius 1 is 1.42 bits per heavy atom. The van der Waals surface area contributed by atoms with Crippen LogP contribution in [0.4, 0.5) is 0 Å². The molecule has 0 spiro atoms. The lowest BCUT2D eigenvalue weighted by molar-refractivity contribution is 0.0689. The maximum Gasteiger partial charge on any atom is 0.338 e. The number of rotatable bonds is 6. The molecule has 1 aromatic heterocycles. The van der Waals surface area contributed by atoms with E-state index in [1.165, 1.54) is 18.3 Å². The number of hydrogen-bond donors (Lipinski definition) is 3. The second kappa shape index (κ2) is 5.36. The van der Waals surface area contributed by atoms with Crippen molar-refractivity contribution in [1.29, 1.82) is 0 Å². The quantitative estimate of drug-likeness (QED) is 0.701. The van der Waals surface area contributed by atoms with Crippen molar-refractivity contribution < 1.29 is 19.8 Å². The SMILES string of the molecule is O=C(O)c1cccnc1C(=O)NCC1(CCO)CC1. The molecule has 0 radical (unpaired) electrons. The molecule has 1 fully saturated rings. The average Bonchev–Trinajstić information content (AvgIpc) is 3.17. The lowest BCUT2D eigenvalue weighted by Gasteiger charge is -2.14. The second-order valence-corrected chi connectivity index (χ2v) is 4.86. The summed E-state index contributed by atoms with van der Waals surface area (Å²) in [6.45, 7) is 0.544. The molecule has 0 bridgehead atoms. The van der Waals surface area contributed by atoms with Gasteiger partial charge in [-0.1, -0.05) is 0 Å². The van der Waals surface area contributed by atoms with Crippen molar-refractivity contribution in [2.24, 2.45) is 5.41 Å². The molecule has 1 amide bonds. The number of aliphatic hydroxyl groups excluding tert-OH is 1. The predicted octanol–water partition coefficient (Wildman–Crippen LogP) is 0.672. The third-order valence-corrected chi connectivity index (χ3v) is 3.48. The van der Waals surface area contributed by atoms with E-state index < -0.39 is 11.9 Å². The zero-order chi connectivity index (χ0) is 13.9. The number of aliphatic hydroxyl groups is 1. The van der Waals surface area contributed by atoms with Crippen molar-refractivity contribution in [3.05, 3.63) is 29.6 Å². The molecule has 0 aromatic carbocycles. The largest absolute Gasteiger partial charge is 0.478 e. The number of carboxylic acid groups (broad SMARTS) is 1. The van der Waals surface area contributed by atoms with Gasteiger partial charge in [-0.15, -0.1) is 0 Å². The Bertz CT molecular complexity index is 497. The van der Waals surface area contributed by atoms with E-state index in [4.69, 9.17) is 10.2 Å². The van der Waals surface area contributed by atoms with Crippen LogP contribution in [0.5, 0.6) is 0 Å². The van der Waals surface area contributed by atoms with Crippen LogP contribution in [0.2, 0.25) is 0 Å². The third-order valence-electron chi connectivity index (χ3n) is 3.48. The van der Waals surface area contributed by atoms with Crippen LogP contribution in [0.3, 0.4) is 0 Å². The summed E-state index contributed by atoms with van der Waals surface area (Å²) in [5.74, 6) is -1.66. The van der Waals surface area contributed by atoms with E-state index in [1.807, 2.05) is 0 Å². The number of amides is 1. The Hall–Kier alpha value is -1.95. The number of carbonyl (C=O) groups is 2. The van der Waals surface area contributed by atoms with Crippen molar-refractivity contribution in [2.45, 2.75) is 19.3 Å². The third kappa shape index (κ3) is 3.08. The fraction of sp³-hybridized carbons (Fsp3) is 0.462. The summed E-state index contributed by atoms with van der Waals surface area (Å²) < 4.78 is 0. The summed E-state index contributed by atoms with van der Waals surface area (Å²) in [4.78, 5) is 26.8. The van der Waals surface area contributed by atoms with Gasteiger partial charge in [0, 0.05) is 19.3 Å². The molecule has 6 nitrogen and oxygen atoms in total. The van der Waals surface area contributed by atoms with Gasteiger partial charge in [-0.2, -0.15) is 0 Å². The molecule has 1 aliphatic carbocycles. The number of pyridine rings is 1. The number of carbonyl (C=O) groups excluding carboxylic acids is 1. The molecular weight excluding hydrogens is 248 g/mol. The van der Waals surface area contributed by atoms with E-state index in [0.29, 0.717) is 13.0 Å². The molecule has 6 heteroatoms. The van der Waals surface area contributed by atoms with E-state index >= 15 is 0 Å². The zero-order valence-corrected chi connectivity index (χ0v) is 10.4. The highest BCUT2D eigenvalue weighted by Gasteiger charge is 2.42. The van der Waals surface area contributed by atoms with E-state index in [1.54, 1.807) is 0 Å². The summed E-state index contributed by atoms with van der Waals surface area (Å²) >= 11 is 0. The summed E-state index contributed by atoms with van der Waals surface area (Å²) in [5.41, 5.74) is -0.190. The molecule has 19 heavy (non-hydrogen) atoms. The number of hydrogen-bond acceptors (Lipinski definition) is 4. The summed E-state index contributed by atoms with van der Waals surface area (Å²) in [7, 11) is 0. The Kier molecular flexibility index (Phi) is 3.80. The van der Waals surface area contributed by atoms with Crippen LogP contribution in [-0.4, -0.2) is 40.2 Å². The molecule has 1 heterocycles. The first kappa shape index (κ1) is 13.5. The topological polar surface area (TPSA) is 99.5 Å². The maximum absolute atomic E-state index is 11.9. The van der Waals surface area contributed by atoms with Gasteiger partial charge in [0.25, 0.3) is 5.91 Å². The Labute approximate surface area is 110 Å². The van der Waals surface area contributed by atoms with Crippen molar-refractivity contribution in [2.75, 3.05) is 13.2 Å². The number of aromatic carboxylic acids is 1. The molecule has 102 valence electrons. The highest BCUT2D eigenvalue weighted by atomic mass is 16.4. The monoisotopic (exact) mass is 264 g/mol. The van der Waals surface area contributed by atoms with Gasteiger partial charge in [0.05, 0.1) is 5.56 Å². The number of nitrogens with one attached hydrogen (secondary N) is 1. The summed E-state index contributed by atoms with van der Waals surface area (Å²) in [6.07, 6.45) is 3.99. The average molecular weight is 264 g/mol. The van der Waals surface area contributed by atoms with E-state index in [-0.39, 0.29) is 23.3 Å². The van der Waals surface area contributed by atoms with Crippen LogP contribution in [0.1, 0.15) is 40.1 Å². The van der Waals surface area contributed by atoms with Crippen LogP contribution < -0.4 is 5.32 Å². The molecule has 0 aliphatic heterocycles. The standard InChI is InChI=1S/C13H16N2O4/c16-7-5-13(3-4-13)8-15-11(17)10-9(12(18)19)2-1-6-14-10/h1-2,6,16H,3-5,7-8H2,(H,15,17)(H,18,19). The van der Waals surface area contributed by atoms with Crippen LogP contribution in [0.25, 0.3) is 0 Å². The Balaban J connectivity index is 2.03. The highest BCUT2D eigenvalue weighted by Crippen LogP contribution is 2.47. The zero-order valence-electron chi connectivity index (χ0n) is 10.4. The predicted molar refractivity (Wildman–Crippen MR) is 66.9 cm³/mol. The Morgan fingerprint density at radius 2 is 2.16 bits per heavy atom. The smallest absolute Gasteiger partial charge is 0.338 e. The van der Waals surface area contributed by atoms with Crippen LogP contribution >= 0.6 is 0 Å². The summed E-state index contributed by atoms with van der Waals surface area (Å²) in [6, 6.07) is 2.83. The van der Waals surface area contributed by atoms with E-state index in [0.717, 1.165) is 12.8 Å². The molecule has 2 rings (SSSR count). The molecule has 1 aromatic rings. The fourth-order valence-corrected chi connectivity index (χ4v) is 2.04. The minimum Gasteiger partial charge on any atom is -0.478 e. The minimum atomic E-state index is -1.17. The molecule has 0 saturated heterocycles. The molecule has 0 atom stereocenters. The van der Waals surface area contributed by atoms with Crippen molar-refractivity contribution >= 4 is 11.9 Å². The van der Waals surface area contributed by atoms with E-state index in [2.05, 4.69) is 10.3 Å². The lowest BCUT2D eigenvalue weighted by atomic mass is 10.0. The van der Waals surface area contributed by atoms with Crippen LogP contribution in [0.15, 0.2) is 18.3 Å². The van der Waals surface area contributed by atoms with Crippen molar-refractivity contribution in [3.8, 4) is 0 Å². The lowest BCUT2D eigenvalue weighted by Crippen LogP contribution is -2.32. The van der Waals surface area contributed by atoms with Crippen molar-refractivity contribution in [3.63, 3.8) is 0 Å². The van der Waals surface area contributed by atoms with Gasteiger partial charge < -0.3 is 15.5 Å². The van der Waals surface area contributed by atoms with Gasteiger partial charge in [-0.3, -0.25) is 9.78 Å². The second-order valence-electron chi connectivity index (χ2n) is 4.86. The molecule has 1 aliphatic rings. The number of carboxylic acids is 1. The maximum atomic E-state index is 11.9. The van der Waals surface area contributed by atoms with E-state index in [9.17, 15) is 9.59 Å². The normalized spacial score (nSPS) is 15.8. The molecule has 0 unspecified atom stereocenters. The molecule has 3 N–H and O–H groups in total. The van der Waals surface area contributed by atoms with Crippen LogP contribution in [-0.2, 0) is 0 Å². The molecular formula is C13H16N2O4. The minimum absolute atomic E-state index is 0.0113. The fourth-order valence-electron chi connectivity index (χ4n) is 2.04. The van der Waals surface area contributed by atoms with Gasteiger partial charge in [-0.05, 0) is 36.8 Å². The van der Waals surface area contributed by atoms with Crippen LogP contribution in [0, 0.1) is 5.41 Å². The van der Waals surface area contributed by atoms with Gasteiger partial charge in [-0.25, -0.2) is 4.79 Å². The Morgan fingerprint density at radius 3 is 2.74 bits per heavy atom. The first-order valence-corrected chi connectivity index (χ1v) is 6.15. The highest BCUT2D eigenvalue weighted by molar-refractivity contribution is 6.03. The number of aromatic nitrogens is 1. The number of nitrogens with zero attached hydrogens (tertiary/aromatic N) is 1. The van der Waals surface area contributed by atoms with Gasteiger partial charge in [0.2, 0.25) is 0 Å².